The maximum absolute atomic E-state index is 9.35. The number of benzene rings is 1. The molecule has 1 N–H and O–H groups in total. The van der Waals surface area contributed by atoms with Gasteiger partial charge in [-0.1, -0.05) is 25.5 Å². The molecule has 0 fully saturated rings. The molecule has 0 aliphatic carbocycles. The van der Waals surface area contributed by atoms with Gasteiger partial charge in [0.25, 0.3) is 0 Å². The van der Waals surface area contributed by atoms with Crippen molar-refractivity contribution < 1.29 is 9.84 Å². The molecule has 4 heteroatoms. The summed E-state index contributed by atoms with van der Waals surface area (Å²) >= 11 is 1.56. The molecular weight excluding hydrogens is 246 g/mol. The lowest BCUT2D eigenvalue weighted by atomic mass is 10.2. The molecular formula is C14H17NO2S. The number of aryl methyl sites for hydroxylation is 1. The third kappa shape index (κ3) is 2.71. The molecule has 2 aromatic rings. The Labute approximate surface area is 111 Å². The maximum atomic E-state index is 9.35. The van der Waals surface area contributed by atoms with Crippen LogP contribution < -0.4 is 4.74 Å². The van der Waals surface area contributed by atoms with Crippen LogP contribution in [0.25, 0.3) is 10.6 Å². The number of methoxy groups -OCH3 is 1. The molecule has 0 saturated carbocycles. The van der Waals surface area contributed by atoms with Crippen molar-refractivity contribution in [2.24, 2.45) is 0 Å². The third-order valence-electron chi connectivity index (χ3n) is 2.73. The standard InChI is InChI=1S/C14H17NO2S/c1-3-5-12-13(9-16)18-14(15-12)10-6-4-7-11(8-10)17-2/h4,6-8,16H,3,5,9H2,1-2H3. The third-order valence-corrected chi connectivity index (χ3v) is 3.86. The van der Waals surface area contributed by atoms with Crippen LogP contribution in [-0.2, 0) is 13.0 Å². The molecule has 0 aliphatic rings. The zero-order valence-corrected chi connectivity index (χ0v) is 11.5. The molecule has 0 saturated heterocycles. The summed E-state index contributed by atoms with van der Waals surface area (Å²) in [6.45, 7) is 2.18. The van der Waals surface area contributed by atoms with Crippen molar-refractivity contribution in [2.45, 2.75) is 26.4 Å². The zero-order valence-electron chi connectivity index (χ0n) is 10.6. The van der Waals surface area contributed by atoms with Gasteiger partial charge in [0.15, 0.2) is 0 Å². The van der Waals surface area contributed by atoms with Crippen molar-refractivity contribution in [1.29, 1.82) is 0 Å². The van der Waals surface area contributed by atoms with Gasteiger partial charge in [-0.3, -0.25) is 0 Å². The fourth-order valence-corrected chi connectivity index (χ4v) is 2.78. The van der Waals surface area contributed by atoms with Crippen molar-refractivity contribution in [3.05, 3.63) is 34.8 Å². The van der Waals surface area contributed by atoms with Gasteiger partial charge >= 0.3 is 0 Å². The van der Waals surface area contributed by atoms with Crippen molar-refractivity contribution in [3.8, 4) is 16.3 Å². The second-order valence-electron chi connectivity index (χ2n) is 4.03. The zero-order chi connectivity index (χ0) is 13.0. The summed E-state index contributed by atoms with van der Waals surface area (Å²) in [6, 6.07) is 7.85. The Kier molecular flexibility index (Phi) is 4.33. The Morgan fingerprint density at radius 3 is 2.89 bits per heavy atom. The normalized spacial score (nSPS) is 10.6. The van der Waals surface area contributed by atoms with E-state index in [1.807, 2.05) is 24.3 Å². The van der Waals surface area contributed by atoms with E-state index < -0.39 is 0 Å². The molecule has 1 aromatic heterocycles. The highest BCUT2D eigenvalue weighted by atomic mass is 32.1. The first-order valence-corrected chi connectivity index (χ1v) is 6.84. The molecule has 0 spiro atoms. The average Bonchev–Trinajstić information content (AvgIpc) is 2.82. The Morgan fingerprint density at radius 1 is 1.39 bits per heavy atom. The Morgan fingerprint density at radius 2 is 2.22 bits per heavy atom. The number of thiazole rings is 1. The highest BCUT2D eigenvalue weighted by Gasteiger charge is 2.11. The van der Waals surface area contributed by atoms with E-state index in [9.17, 15) is 5.11 Å². The monoisotopic (exact) mass is 263 g/mol. The number of rotatable bonds is 5. The number of aromatic nitrogens is 1. The number of aliphatic hydroxyl groups excluding tert-OH is 1. The van der Waals surface area contributed by atoms with Crippen LogP contribution in [0.2, 0.25) is 0 Å². The highest BCUT2D eigenvalue weighted by Crippen LogP contribution is 2.30. The van der Waals surface area contributed by atoms with Gasteiger partial charge in [0.05, 0.1) is 24.3 Å². The van der Waals surface area contributed by atoms with Gasteiger partial charge in [0.2, 0.25) is 0 Å². The Balaban J connectivity index is 2.37. The molecule has 0 atom stereocenters. The van der Waals surface area contributed by atoms with E-state index in [0.29, 0.717) is 0 Å². The van der Waals surface area contributed by atoms with Crippen LogP contribution in [0, 0.1) is 0 Å². The van der Waals surface area contributed by atoms with E-state index in [-0.39, 0.29) is 6.61 Å². The second kappa shape index (κ2) is 5.98. The van der Waals surface area contributed by atoms with Crippen LogP contribution in [-0.4, -0.2) is 17.2 Å². The molecule has 0 unspecified atom stereocenters. The first-order valence-electron chi connectivity index (χ1n) is 6.02. The van der Waals surface area contributed by atoms with Gasteiger partial charge in [0.1, 0.15) is 10.8 Å². The van der Waals surface area contributed by atoms with Crippen LogP contribution in [0.3, 0.4) is 0 Å². The van der Waals surface area contributed by atoms with Gasteiger partial charge in [-0.25, -0.2) is 4.98 Å². The minimum atomic E-state index is 0.0664. The lowest BCUT2D eigenvalue weighted by Crippen LogP contribution is -1.89. The number of aliphatic hydroxyl groups is 1. The van der Waals surface area contributed by atoms with E-state index in [4.69, 9.17) is 4.74 Å². The first kappa shape index (κ1) is 13.1. The predicted octanol–water partition coefficient (Wildman–Crippen LogP) is 3.26. The number of nitrogens with zero attached hydrogens (tertiary/aromatic N) is 1. The summed E-state index contributed by atoms with van der Waals surface area (Å²) < 4.78 is 5.21. The molecule has 1 heterocycles. The second-order valence-corrected chi connectivity index (χ2v) is 5.11. The average molecular weight is 263 g/mol. The first-order chi connectivity index (χ1) is 8.78. The van der Waals surface area contributed by atoms with Crippen molar-refractivity contribution >= 4 is 11.3 Å². The number of hydrogen-bond donors (Lipinski definition) is 1. The molecule has 0 aliphatic heterocycles. The SMILES string of the molecule is CCCc1nc(-c2cccc(OC)c2)sc1CO. The number of ether oxygens (including phenoxy) is 1. The van der Waals surface area contributed by atoms with Gasteiger partial charge in [-0.15, -0.1) is 11.3 Å². The van der Waals surface area contributed by atoms with E-state index in [1.54, 1.807) is 18.4 Å². The topological polar surface area (TPSA) is 42.4 Å². The summed E-state index contributed by atoms with van der Waals surface area (Å²) in [5.74, 6) is 0.824. The van der Waals surface area contributed by atoms with Gasteiger partial charge < -0.3 is 9.84 Å². The summed E-state index contributed by atoms with van der Waals surface area (Å²) in [6.07, 6.45) is 1.95. The van der Waals surface area contributed by atoms with Crippen molar-refractivity contribution in [1.82, 2.24) is 4.98 Å². The fourth-order valence-electron chi connectivity index (χ4n) is 1.82. The molecule has 3 nitrogen and oxygen atoms in total. The fraction of sp³-hybridized carbons (Fsp3) is 0.357. The van der Waals surface area contributed by atoms with Gasteiger partial charge in [-0.05, 0) is 18.6 Å². The minimum absolute atomic E-state index is 0.0664. The van der Waals surface area contributed by atoms with Crippen LogP contribution in [0.1, 0.15) is 23.9 Å². The smallest absolute Gasteiger partial charge is 0.124 e. The molecule has 0 bridgehead atoms. The number of hydrogen-bond acceptors (Lipinski definition) is 4. The maximum Gasteiger partial charge on any atom is 0.124 e. The summed E-state index contributed by atoms with van der Waals surface area (Å²) in [4.78, 5) is 5.59. The van der Waals surface area contributed by atoms with Crippen LogP contribution in [0.5, 0.6) is 5.75 Å². The minimum Gasteiger partial charge on any atom is -0.497 e. The largest absolute Gasteiger partial charge is 0.497 e. The molecule has 0 amide bonds. The van der Waals surface area contributed by atoms with E-state index in [0.717, 1.165) is 39.7 Å². The van der Waals surface area contributed by atoms with Crippen molar-refractivity contribution in [2.75, 3.05) is 7.11 Å². The lowest BCUT2D eigenvalue weighted by Gasteiger charge is -2.01. The van der Waals surface area contributed by atoms with E-state index >= 15 is 0 Å². The summed E-state index contributed by atoms with van der Waals surface area (Å²) in [5.41, 5.74) is 2.05. The summed E-state index contributed by atoms with van der Waals surface area (Å²) in [5, 5.41) is 10.3. The molecule has 1 aromatic carbocycles. The summed E-state index contributed by atoms with van der Waals surface area (Å²) in [7, 11) is 1.66. The molecule has 18 heavy (non-hydrogen) atoms. The van der Waals surface area contributed by atoms with Crippen LogP contribution in [0.15, 0.2) is 24.3 Å². The van der Waals surface area contributed by atoms with E-state index in [1.165, 1.54) is 0 Å². The van der Waals surface area contributed by atoms with Crippen LogP contribution >= 0.6 is 11.3 Å². The van der Waals surface area contributed by atoms with Crippen LogP contribution in [0.4, 0.5) is 0 Å². The quantitative estimate of drug-likeness (QED) is 0.900. The van der Waals surface area contributed by atoms with E-state index in [2.05, 4.69) is 11.9 Å². The highest BCUT2D eigenvalue weighted by molar-refractivity contribution is 7.15. The predicted molar refractivity (Wildman–Crippen MR) is 74.0 cm³/mol. The molecule has 0 radical (unpaired) electrons. The van der Waals surface area contributed by atoms with Crippen molar-refractivity contribution in [3.63, 3.8) is 0 Å². The lowest BCUT2D eigenvalue weighted by molar-refractivity contribution is 0.284. The Bertz CT molecular complexity index is 522. The molecule has 96 valence electrons. The van der Waals surface area contributed by atoms with Gasteiger partial charge in [-0.2, -0.15) is 0 Å². The Hall–Kier alpha value is -1.39. The molecule has 2 rings (SSSR count). The van der Waals surface area contributed by atoms with Gasteiger partial charge in [0, 0.05) is 5.56 Å².